The summed E-state index contributed by atoms with van der Waals surface area (Å²) >= 11 is 0. The Kier molecular flexibility index (Phi) is 6.22. The van der Waals surface area contributed by atoms with E-state index in [4.69, 9.17) is 4.98 Å². The number of imidazole rings is 1. The molecular weight excluding hydrogens is 370 g/mol. The van der Waals surface area contributed by atoms with Gasteiger partial charge < -0.3 is 25.2 Å². The van der Waals surface area contributed by atoms with E-state index < -0.39 is 0 Å². The second-order valence-electron chi connectivity index (χ2n) is 7.88. The molecule has 8 heteroatoms. The molecule has 8 nitrogen and oxygen atoms in total. The Morgan fingerprint density at radius 3 is 2.45 bits per heavy atom. The number of aromatic nitrogens is 4. The molecule has 0 aliphatic rings. The molecule has 2 aromatic heterocycles. The fourth-order valence-electron chi connectivity index (χ4n) is 3.24. The predicted molar refractivity (Wildman–Crippen MR) is 112 cm³/mol. The van der Waals surface area contributed by atoms with E-state index in [2.05, 4.69) is 29.1 Å². The Labute approximate surface area is 170 Å². The molecular formula is C21H29N5O3. The third-order valence-electron chi connectivity index (χ3n) is 5.07. The zero-order chi connectivity index (χ0) is 21.1. The van der Waals surface area contributed by atoms with Crippen molar-refractivity contribution in [1.29, 1.82) is 0 Å². The quantitative estimate of drug-likeness (QED) is 0.430. The number of aliphatic hydroxyl groups excluding tert-OH is 1. The zero-order valence-corrected chi connectivity index (χ0v) is 17.3. The van der Waals surface area contributed by atoms with Crippen molar-refractivity contribution < 1.29 is 15.3 Å². The SMILES string of the molecule is CC(C)C(CO)c1nc(NCCc2ccc(O)c(O)c2)c2ncn(C(C)C)c2n1. The highest BCUT2D eigenvalue weighted by Crippen LogP contribution is 2.28. The highest BCUT2D eigenvalue weighted by atomic mass is 16.3. The summed E-state index contributed by atoms with van der Waals surface area (Å²) in [6.07, 6.45) is 2.40. The van der Waals surface area contributed by atoms with Crippen molar-refractivity contribution in [2.75, 3.05) is 18.5 Å². The Balaban J connectivity index is 1.91. The van der Waals surface area contributed by atoms with Gasteiger partial charge in [-0.15, -0.1) is 0 Å². The maximum absolute atomic E-state index is 9.85. The Morgan fingerprint density at radius 1 is 1.07 bits per heavy atom. The van der Waals surface area contributed by atoms with Gasteiger partial charge >= 0.3 is 0 Å². The van der Waals surface area contributed by atoms with E-state index >= 15 is 0 Å². The number of anilines is 1. The molecule has 4 N–H and O–H groups in total. The van der Waals surface area contributed by atoms with Gasteiger partial charge in [0.2, 0.25) is 0 Å². The summed E-state index contributed by atoms with van der Waals surface area (Å²) in [5.41, 5.74) is 2.33. The van der Waals surface area contributed by atoms with E-state index in [1.54, 1.807) is 18.5 Å². The van der Waals surface area contributed by atoms with Crippen molar-refractivity contribution >= 4 is 17.0 Å². The van der Waals surface area contributed by atoms with Gasteiger partial charge in [0.1, 0.15) is 11.3 Å². The summed E-state index contributed by atoms with van der Waals surface area (Å²) in [7, 11) is 0. The molecule has 0 fully saturated rings. The minimum atomic E-state index is -0.162. The Hall–Kier alpha value is -2.87. The van der Waals surface area contributed by atoms with Gasteiger partial charge in [-0.3, -0.25) is 0 Å². The number of rotatable bonds is 8. The highest BCUT2D eigenvalue weighted by molar-refractivity contribution is 5.83. The Bertz CT molecular complexity index is 984. The first-order valence-corrected chi connectivity index (χ1v) is 9.91. The number of aliphatic hydroxyl groups is 1. The average Bonchev–Trinajstić information content (AvgIpc) is 3.09. The maximum atomic E-state index is 9.85. The molecule has 0 bridgehead atoms. The summed E-state index contributed by atoms with van der Waals surface area (Å²) in [6, 6.07) is 4.99. The van der Waals surface area contributed by atoms with Crippen LogP contribution >= 0.6 is 0 Å². The predicted octanol–water partition coefficient (Wildman–Crippen LogP) is 3.20. The molecule has 0 amide bonds. The van der Waals surface area contributed by atoms with Gasteiger partial charge in [-0.05, 0) is 43.9 Å². The summed E-state index contributed by atoms with van der Waals surface area (Å²) in [5, 5.41) is 32.3. The number of phenolic OH excluding ortho intramolecular Hbond substituents is 2. The second kappa shape index (κ2) is 8.65. The summed E-state index contributed by atoms with van der Waals surface area (Å²) in [4.78, 5) is 13.9. The molecule has 0 radical (unpaired) electrons. The van der Waals surface area contributed by atoms with Gasteiger partial charge in [0.05, 0.1) is 12.9 Å². The average molecular weight is 399 g/mol. The van der Waals surface area contributed by atoms with Gasteiger partial charge in [-0.25, -0.2) is 15.0 Å². The minimum absolute atomic E-state index is 0.0226. The first kappa shape index (κ1) is 20.9. The summed E-state index contributed by atoms with van der Waals surface area (Å²) in [5.74, 6) is 0.998. The third-order valence-corrected chi connectivity index (χ3v) is 5.07. The number of nitrogens with one attached hydrogen (secondary N) is 1. The standard InChI is InChI=1S/C21H29N5O3/c1-12(2)15(10-27)19-24-20(18-21(25-19)26(11-23-18)13(3)4)22-8-7-14-5-6-16(28)17(29)9-14/h5-6,9,11-13,15,27-29H,7-8,10H2,1-4H3,(H,22,24,25). The lowest BCUT2D eigenvalue weighted by atomic mass is 9.96. The summed E-state index contributed by atoms with van der Waals surface area (Å²) < 4.78 is 2.00. The number of hydrogen-bond donors (Lipinski definition) is 4. The molecule has 0 saturated carbocycles. The fourth-order valence-corrected chi connectivity index (χ4v) is 3.24. The van der Waals surface area contributed by atoms with E-state index in [9.17, 15) is 15.3 Å². The van der Waals surface area contributed by atoms with Crippen LogP contribution in [0.15, 0.2) is 24.5 Å². The van der Waals surface area contributed by atoms with Crippen LogP contribution in [0.3, 0.4) is 0 Å². The van der Waals surface area contributed by atoms with E-state index in [0.717, 1.165) is 11.2 Å². The van der Waals surface area contributed by atoms with Crippen LogP contribution in [0.1, 0.15) is 51.0 Å². The lowest BCUT2D eigenvalue weighted by Crippen LogP contribution is -2.17. The van der Waals surface area contributed by atoms with Crippen molar-refractivity contribution in [2.45, 2.75) is 46.1 Å². The van der Waals surface area contributed by atoms with E-state index in [0.29, 0.717) is 30.1 Å². The van der Waals surface area contributed by atoms with Gasteiger partial charge in [0.15, 0.2) is 23.0 Å². The monoisotopic (exact) mass is 399 g/mol. The van der Waals surface area contributed by atoms with Gasteiger partial charge in [0, 0.05) is 18.5 Å². The van der Waals surface area contributed by atoms with E-state index in [1.165, 1.54) is 6.07 Å². The normalized spacial score (nSPS) is 12.8. The molecule has 0 saturated heterocycles. The highest BCUT2D eigenvalue weighted by Gasteiger charge is 2.22. The molecule has 3 aromatic rings. The second-order valence-corrected chi connectivity index (χ2v) is 7.88. The molecule has 1 aromatic carbocycles. The molecule has 1 unspecified atom stereocenters. The number of phenols is 2. The smallest absolute Gasteiger partial charge is 0.166 e. The molecule has 0 aliphatic carbocycles. The minimum Gasteiger partial charge on any atom is -0.504 e. The van der Waals surface area contributed by atoms with Crippen LogP contribution in [0.2, 0.25) is 0 Å². The third kappa shape index (κ3) is 4.42. The molecule has 0 spiro atoms. The van der Waals surface area contributed by atoms with Gasteiger partial charge in [-0.2, -0.15) is 0 Å². The molecule has 2 heterocycles. The Morgan fingerprint density at radius 2 is 1.83 bits per heavy atom. The van der Waals surface area contributed by atoms with Crippen molar-refractivity contribution in [3.63, 3.8) is 0 Å². The van der Waals surface area contributed by atoms with Crippen LogP contribution in [0.4, 0.5) is 5.82 Å². The number of hydrogen-bond acceptors (Lipinski definition) is 7. The molecule has 3 rings (SSSR count). The van der Waals surface area contributed by atoms with E-state index in [1.807, 2.05) is 18.4 Å². The molecule has 156 valence electrons. The topological polar surface area (TPSA) is 116 Å². The van der Waals surface area contributed by atoms with Crippen molar-refractivity contribution in [1.82, 2.24) is 19.5 Å². The maximum Gasteiger partial charge on any atom is 0.166 e. The van der Waals surface area contributed by atoms with Crippen LogP contribution in [0.25, 0.3) is 11.2 Å². The van der Waals surface area contributed by atoms with Crippen molar-refractivity contribution in [3.05, 3.63) is 35.9 Å². The fraction of sp³-hybridized carbons (Fsp3) is 0.476. The summed E-state index contributed by atoms with van der Waals surface area (Å²) in [6.45, 7) is 8.76. The largest absolute Gasteiger partial charge is 0.504 e. The molecule has 1 atom stereocenters. The lowest BCUT2D eigenvalue weighted by Gasteiger charge is -2.18. The van der Waals surface area contributed by atoms with Crippen LogP contribution in [-0.4, -0.2) is 48.0 Å². The first-order valence-electron chi connectivity index (χ1n) is 9.91. The number of fused-ring (bicyclic) bond motifs is 1. The van der Waals surface area contributed by atoms with Gasteiger partial charge in [0.25, 0.3) is 0 Å². The number of aromatic hydroxyl groups is 2. The van der Waals surface area contributed by atoms with Crippen molar-refractivity contribution in [3.8, 4) is 11.5 Å². The van der Waals surface area contributed by atoms with Crippen LogP contribution in [-0.2, 0) is 6.42 Å². The molecule has 0 aliphatic heterocycles. The van der Waals surface area contributed by atoms with Crippen LogP contribution < -0.4 is 5.32 Å². The first-order chi connectivity index (χ1) is 13.8. The van der Waals surface area contributed by atoms with Crippen LogP contribution in [0, 0.1) is 5.92 Å². The molecule has 29 heavy (non-hydrogen) atoms. The number of benzene rings is 1. The van der Waals surface area contributed by atoms with E-state index in [-0.39, 0.29) is 36.0 Å². The van der Waals surface area contributed by atoms with Crippen molar-refractivity contribution in [2.24, 2.45) is 5.92 Å². The zero-order valence-electron chi connectivity index (χ0n) is 17.3. The number of nitrogens with zero attached hydrogens (tertiary/aromatic N) is 4. The van der Waals surface area contributed by atoms with Crippen LogP contribution in [0.5, 0.6) is 11.5 Å². The lowest BCUT2D eigenvalue weighted by molar-refractivity contribution is 0.232. The van der Waals surface area contributed by atoms with Gasteiger partial charge in [-0.1, -0.05) is 19.9 Å².